The zero-order chi connectivity index (χ0) is 16.5. The summed E-state index contributed by atoms with van der Waals surface area (Å²) in [7, 11) is 0. The van der Waals surface area contributed by atoms with Gasteiger partial charge in [0.1, 0.15) is 0 Å². The SMILES string of the molecule is CCCN(CC)C/C=C(\Cc1ccc(C)cc1)c1ccccc1. The molecule has 0 saturated carbocycles. The number of nitrogens with zero attached hydrogens (tertiary/aromatic N) is 1. The topological polar surface area (TPSA) is 3.24 Å². The molecule has 0 radical (unpaired) electrons. The quantitative estimate of drug-likeness (QED) is 0.635. The van der Waals surface area contributed by atoms with Crippen molar-refractivity contribution in [1.29, 1.82) is 0 Å². The lowest BCUT2D eigenvalue weighted by molar-refractivity contribution is 0.320. The summed E-state index contributed by atoms with van der Waals surface area (Å²) >= 11 is 0. The summed E-state index contributed by atoms with van der Waals surface area (Å²) in [4.78, 5) is 2.50. The Kier molecular flexibility index (Phi) is 7.09. The van der Waals surface area contributed by atoms with E-state index >= 15 is 0 Å². The van der Waals surface area contributed by atoms with Gasteiger partial charge in [0.05, 0.1) is 0 Å². The van der Waals surface area contributed by atoms with Gasteiger partial charge in [0.15, 0.2) is 0 Å². The normalized spacial score (nSPS) is 11.9. The van der Waals surface area contributed by atoms with Crippen LogP contribution in [-0.4, -0.2) is 24.5 Å². The summed E-state index contributed by atoms with van der Waals surface area (Å²) in [6.07, 6.45) is 4.61. The second kappa shape index (κ2) is 9.32. The fraction of sp³-hybridized carbons (Fsp3) is 0.364. The summed E-state index contributed by atoms with van der Waals surface area (Å²) in [5.41, 5.74) is 5.45. The van der Waals surface area contributed by atoms with E-state index < -0.39 is 0 Å². The van der Waals surface area contributed by atoms with Crippen molar-refractivity contribution in [3.8, 4) is 0 Å². The maximum atomic E-state index is 2.50. The highest BCUT2D eigenvalue weighted by Gasteiger charge is 2.05. The second-order valence-electron chi connectivity index (χ2n) is 6.15. The van der Waals surface area contributed by atoms with E-state index in [1.807, 2.05) is 0 Å². The molecule has 0 fully saturated rings. The van der Waals surface area contributed by atoms with Gasteiger partial charge in [-0.3, -0.25) is 4.90 Å². The van der Waals surface area contributed by atoms with Gasteiger partial charge >= 0.3 is 0 Å². The van der Waals surface area contributed by atoms with E-state index in [1.54, 1.807) is 0 Å². The Balaban J connectivity index is 2.19. The molecule has 0 bridgehead atoms. The lowest BCUT2D eigenvalue weighted by atomic mass is 9.97. The minimum absolute atomic E-state index is 0.994. The average Bonchev–Trinajstić information content (AvgIpc) is 2.59. The van der Waals surface area contributed by atoms with Crippen LogP contribution in [-0.2, 0) is 6.42 Å². The Morgan fingerprint density at radius 1 is 0.957 bits per heavy atom. The predicted molar refractivity (Wildman–Crippen MR) is 102 cm³/mol. The highest BCUT2D eigenvalue weighted by molar-refractivity contribution is 5.67. The monoisotopic (exact) mass is 307 g/mol. The fourth-order valence-corrected chi connectivity index (χ4v) is 2.80. The lowest BCUT2D eigenvalue weighted by Gasteiger charge is -2.18. The van der Waals surface area contributed by atoms with Gasteiger partial charge in [0.25, 0.3) is 0 Å². The van der Waals surface area contributed by atoms with Crippen LogP contribution < -0.4 is 0 Å². The summed E-state index contributed by atoms with van der Waals surface area (Å²) in [5.74, 6) is 0. The van der Waals surface area contributed by atoms with Crippen molar-refractivity contribution < 1.29 is 0 Å². The molecule has 0 atom stereocenters. The van der Waals surface area contributed by atoms with Crippen molar-refractivity contribution in [2.45, 2.75) is 33.6 Å². The highest BCUT2D eigenvalue weighted by atomic mass is 15.1. The lowest BCUT2D eigenvalue weighted by Crippen LogP contribution is -2.24. The van der Waals surface area contributed by atoms with Crippen molar-refractivity contribution in [2.24, 2.45) is 0 Å². The molecule has 23 heavy (non-hydrogen) atoms. The molecule has 0 aliphatic rings. The smallest absolute Gasteiger partial charge is 0.0169 e. The molecular formula is C22H29N. The molecular weight excluding hydrogens is 278 g/mol. The predicted octanol–water partition coefficient (Wildman–Crippen LogP) is 5.35. The molecule has 2 aromatic rings. The number of hydrogen-bond donors (Lipinski definition) is 0. The molecule has 0 saturated heterocycles. The number of aryl methyl sites for hydroxylation is 1. The van der Waals surface area contributed by atoms with Crippen LogP contribution in [0.3, 0.4) is 0 Å². The van der Waals surface area contributed by atoms with Gasteiger partial charge in [-0.05, 0) is 49.6 Å². The molecule has 0 aromatic heterocycles. The van der Waals surface area contributed by atoms with Crippen molar-refractivity contribution >= 4 is 5.57 Å². The maximum Gasteiger partial charge on any atom is 0.0169 e. The van der Waals surface area contributed by atoms with Crippen LogP contribution in [0.5, 0.6) is 0 Å². The van der Waals surface area contributed by atoms with Crippen LogP contribution in [0, 0.1) is 6.92 Å². The molecule has 0 N–H and O–H groups in total. The first-order chi connectivity index (χ1) is 11.2. The molecule has 0 aliphatic heterocycles. The van der Waals surface area contributed by atoms with Crippen LogP contribution >= 0.6 is 0 Å². The first-order valence-corrected chi connectivity index (χ1v) is 8.75. The Morgan fingerprint density at radius 3 is 2.26 bits per heavy atom. The van der Waals surface area contributed by atoms with Crippen LogP contribution in [0.1, 0.15) is 37.0 Å². The first kappa shape index (κ1) is 17.5. The van der Waals surface area contributed by atoms with Crippen LogP contribution in [0.2, 0.25) is 0 Å². The first-order valence-electron chi connectivity index (χ1n) is 8.75. The summed E-state index contributed by atoms with van der Waals surface area (Å²) in [6.45, 7) is 9.93. The Morgan fingerprint density at radius 2 is 1.65 bits per heavy atom. The van der Waals surface area contributed by atoms with Crippen molar-refractivity contribution in [2.75, 3.05) is 19.6 Å². The van der Waals surface area contributed by atoms with Crippen LogP contribution in [0.25, 0.3) is 5.57 Å². The third kappa shape index (κ3) is 5.69. The van der Waals surface area contributed by atoms with Gasteiger partial charge in [-0.25, -0.2) is 0 Å². The van der Waals surface area contributed by atoms with Crippen molar-refractivity contribution in [3.63, 3.8) is 0 Å². The molecule has 0 spiro atoms. The van der Waals surface area contributed by atoms with Crippen molar-refractivity contribution in [1.82, 2.24) is 4.90 Å². The van der Waals surface area contributed by atoms with Gasteiger partial charge in [-0.1, -0.05) is 80.1 Å². The molecule has 2 aromatic carbocycles. The maximum absolute atomic E-state index is 2.50. The van der Waals surface area contributed by atoms with Gasteiger partial charge < -0.3 is 0 Å². The minimum Gasteiger partial charge on any atom is -0.300 e. The molecule has 0 heterocycles. The summed E-state index contributed by atoms with van der Waals surface area (Å²) in [5, 5.41) is 0. The fourth-order valence-electron chi connectivity index (χ4n) is 2.80. The number of likely N-dealkylation sites (N-methyl/N-ethyl adjacent to an activating group) is 1. The van der Waals surface area contributed by atoms with Gasteiger partial charge in [0, 0.05) is 6.54 Å². The van der Waals surface area contributed by atoms with Gasteiger partial charge in [0.2, 0.25) is 0 Å². The third-order valence-corrected chi connectivity index (χ3v) is 4.24. The van der Waals surface area contributed by atoms with E-state index in [-0.39, 0.29) is 0 Å². The van der Waals surface area contributed by atoms with E-state index in [9.17, 15) is 0 Å². The molecule has 0 unspecified atom stereocenters. The van der Waals surface area contributed by atoms with E-state index in [0.29, 0.717) is 0 Å². The van der Waals surface area contributed by atoms with E-state index in [0.717, 1.165) is 19.5 Å². The summed E-state index contributed by atoms with van der Waals surface area (Å²) in [6, 6.07) is 19.7. The highest BCUT2D eigenvalue weighted by Crippen LogP contribution is 2.20. The Bertz CT molecular complexity index is 596. The largest absolute Gasteiger partial charge is 0.300 e. The van der Waals surface area contributed by atoms with Gasteiger partial charge in [-0.15, -0.1) is 0 Å². The molecule has 0 amide bonds. The Hall–Kier alpha value is -1.86. The molecule has 0 aliphatic carbocycles. The van der Waals surface area contributed by atoms with E-state index in [2.05, 4.69) is 86.3 Å². The minimum atomic E-state index is 0.994. The number of hydrogen-bond acceptors (Lipinski definition) is 1. The molecule has 1 nitrogen and oxygen atoms in total. The van der Waals surface area contributed by atoms with E-state index in [1.165, 1.54) is 35.2 Å². The summed E-state index contributed by atoms with van der Waals surface area (Å²) < 4.78 is 0. The van der Waals surface area contributed by atoms with Gasteiger partial charge in [-0.2, -0.15) is 0 Å². The zero-order valence-electron chi connectivity index (χ0n) is 14.8. The Labute approximate surface area is 141 Å². The number of rotatable bonds is 8. The van der Waals surface area contributed by atoms with Crippen LogP contribution in [0.4, 0.5) is 0 Å². The van der Waals surface area contributed by atoms with E-state index in [4.69, 9.17) is 0 Å². The molecule has 2 rings (SSSR count). The molecule has 122 valence electrons. The zero-order valence-corrected chi connectivity index (χ0v) is 14.8. The third-order valence-electron chi connectivity index (χ3n) is 4.24. The number of benzene rings is 2. The number of allylic oxidation sites excluding steroid dienone is 1. The average molecular weight is 307 g/mol. The second-order valence-corrected chi connectivity index (χ2v) is 6.15. The van der Waals surface area contributed by atoms with Crippen LogP contribution in [0.15, 0.2) is 60.7 Å². The van der Waals surface area contributed by atoms with Crippen molar-refractivity contribution in [3.05, 3.63) is 77.4 Å². The standard InChI is InChI=1S/C22H29N/c1-4-16-23(5-2)17-15-22(21-9-7-6-8-10-21)18-20-13-11-19(3)12-14-20/h6-15H,4-5,16-18H2,1-3H3/b22-15+. The molecule has 1 heteroatoms.